The number of aromatic nitrogens is 2. The Bertz CT molecular complexity index is 739. The smallest absolute Gasteiger partial charge is 0.356 e. The molecule has 0 unspecified atom stereocenters. The summed E-state index contributed by atoms with van der Waals surface area (Å²) in [5.41, 5.74) is -0.281. The van der Waals surface area contributed by atoms with Crippen LogP contribution in [0.25, 0.3) is 5.69 Å². The number of rotatable bonds is 3. The van der Waals surface area contributed by atoms with Gasteiger partial charge < -0.3 is 14.6 Å². The van der Waals surface area contributed by atoms with Gasteiger partial charge in [0.25, 0.3) is 5.69 Å². The number of nitrogens with zero attached hydrogens (tertiary/aromatic N) is 3. The van der Waals surface area contributed by atoms with Gasteiger partial charge in [-0.3, -0.25) is 14.7 Å². The average Bonchev–Trinajstić information content (AvgIpc) is 2.95. The van der Waals surface area contributed by atoms with Gasteiger partial charge in [-0.1, -0.05) is 0 Å². The second kappa shape index (κ2) is 4.78. The average molecular weight is 291 g/mol. The zero-order valence-electron chi connectivity index (χ0n) is 10.6. The van der Waals surface area contributed by atoms with Crippen LogP contribution >= 0.6 is 0 Å². The summed E-state index contributed by atoms with van der Waals surface area (Å²) in [7, 11) is 0. The van der Waals surface area contributed by atoms with Crippen molar-refractivity contribution in [3.63, 3.8) is 0 Å². The highest BCUT2D eigenvalue weighted by molar-refractivity contribution is 5.85. The van der Waals surface area contributed by atoms with E-state index in [1.54, 1.807) is 0 Å². The lowest BCUT2D eigenvalue weighted by atomic mass is 10.2. The predicted molar refractivity (Wildman–Crippen MR) is 68.2 cm³/mol. The van der Waals surface area contributed by atoms with Crippen LogP contribution in [-0.2, 0) is 0 Å². The number of imidazole rings is 1. The van der Waals surface area contributed by atoms with E-state index in [0.717, 1.165) is 0 Å². The zero-order chi connectivity index (χ0) is 15.0. The number of ether oxygens (including phenoxy) is 2. The first kappa shape index (κ1) is 12.9. The maximum absolute atomic E-state index is 11.2. The number of carboxylic acids is 1. The molecule has 2 aromatic rings. The van der Waals surface area contributed by atoms with E-state index in [9.17, 15) is 14.9 Å². The molecule has 0 aliphatic carbocycles. The SMILES string of the molecule is O=C(O)c1cn(-c2cc3c(cc2[N+](=O)[O-])OCCO3)cn1. The maximum Gasteiger partial charge on any atom is 0.356 e. The molecule has 0 spiro atoms. The number of fused-ring (bicyclic) bond motifs is 1. The first-order valence-electron chi connectivity index (χ1n) is 5.92. The first-order valence-corrected chi connectivity index (χ1v) is 5.92. The van der Waals surface area contributed by atoms with E-state index in [1.165, 1.54) is 29.2 Å². The van der Waals surface area contributed by atoms with Gasteiger partial charge in [0, 0.05) is 12.3 Å². The molecule has 3 rings (SSSR count). The Morgan fingerprint density at radius 2 is 2.00 bits per heavy atom. The highest BCUT2D eigenvalue weighted by Gasteiger charge is 2.24. The third-order valence-corrected chi connectivity index (χ3v) is 2.92. The molecule has 9 nitrogen and oxygen atoms in total. The van der Waals surface area contributed by atoms with Gasteiger partial charge in [-0.15, -0.1) is 0 Å². The van der Waals surface area contributed by atoms with Gasteiger partial charge in [0.15, 0.2) is 17.2 Å². The summed E-state index contributed by atoms with van der Waals surface area (Å²) in [4.78, 5) is 25.1. The largest absolute Gasteiger partial charge is 0.486 e. The molecular weight excluding hydrogens is 282 g/mol. The molecule has 9 heteroatoms. The van der Waals surface area contributed by atoms with Gasteiger partial charge in [-0.25, -0.2) is 9.78 Å². The van der Waals surface area contributed by atoms with Crippen molar-refractivity contribution in [3.8, 4) is 17.2 Å². The highest BCUT2D eigenvalue weighted by atomic mass is 16.6. The fourth-order valence-corrected chi connectivity index (χ4v) is 1.99. The standard InChI is InChI=1S/C12H9N3O6/c16-12(17)7-5-14(6-13-7)8-3-10-11(21-2-1-20-10)4-9(8)15(18)19/h3-6H,1-2H2,(H,16,17). The number of aromatic carboxylic acids is 1. The molecule has 1 aromatic carbocycles. The van der Waals surface area contributed by atoms with Crippen molar-refractivity contribution in [3.05, 3.63) is 40.5 Å². The van der Waals surface area contributed by atoms with Crippen LogP contribution in [0.3, 0.4) is 0 Å². The second-order valence-corrected chi connectivity index (χ2v) is 4.21. The number of nitro groups is 1. The third-order valence-electron chi connectivity index (χ3n) is 2.92. The number of nitro benzene ring substituents is 1. The number of hydrogen-bond donors (Lipinski definition) is 1. The minimum atomic E-state index is -1.21. The third kappa shape index (κ3) is 2.24. The van der Waals surface area contributed by atoms with Gasteiger partial charge in [0.2, 0.25) is 0 Å². The van der Waals surface area contributed by atoms with Crippen molar-refractivity contribution < 1.29 is 24.3 Å². The zero-order valence-corrected chi connectivity index (χ0v) is 10.6. The molecule has 0 bridgehead atoms. The summed E-state index contributed by atoms with van der Waals surface area (Å²) in [6.07, 6.45) is 2.39. The molecular formula is C12H9N3O6. The van der Waals surface area contributed by atoms with E-state index in [2.05, 4.69) is 4.98 Å². The minimum absolute atomic E-state index is 0.157. The summed E-state index contributed by atoms with van der Waals surface area (Å²) in [5, 5.41) is 20.0. The van der Waals surface area contributed by atoms with Gasteiger partial charge >= 0.3 is 5.97 Å². The Labute approximate surface area is 117 Å². The van der Waals surface area contributed by atoms with Crippen LogP contribution in [0.4, 0.5) is 5.69 Å². The number of carboxylic acid groups (broad SMARTS) is 1. The number of hydrogen-bond acceptors (Lipinski definition) is 6. The maximum atomic E-state index is 11.2. The van der Waals surface area contributed by atoms with Gasteiger partial charge in [0.05, 0.1) is 11.0 Å². The molecule has 1 aliphatic heterocycles. The summed E-state index contributed by atoms with van der Waals surface area (Å²) in [6, 6.07) is 2.68. The van der Waals surface area contributed by atoms with Crippen LogP contribution in [-0.4, -0.2) is 38.8 Å². The molecule has 1 aliphatic rings. The lowest BCUT2D eigenvalue weighted by molar-refractivity contribution is -0.384. The Kier molecular flexibility index (Phi) is 2.94. The van der Waals surface area contributed by atoms with E-state index in [0.29, 0.717) is 19.0 Å². The van der Waals surface area contributed by atoms with Crippen LogP contribution < -0.4 is 9.47 Å². The molecule has 0 saturated heterocycles. The van der Waals surface area contributed by atoms with Crippen molar-refractivity contribution >= 4 is 11.7 Å². The van der Waals surface area contributed by atoms with Crippen LogP contribution in [0.1, 0.15) is 10.5 Å². The highest BCUT2D eigenvalue weighted by Crippen LogP contribution is 2.38. The van der Waals surface area contributed by atoms with E-state index < -0.39 is 10.9 Å². The molecule has 2 heterocycles. The molecule has 1 aromatic heterocycles. The monoisotopic (exact) mass is 291 g/mol. The molecule has 0 fully saturated rings. The summed E-state index contributed by atoms with van der Waals surface area (Å²) >= 11 is 0. The van der Waals surface area contributed by atoms with Crippen LogP contribution in [0.15, 0.2) is 24.7 Å². The van der Waals surface area contributed by atoms with Crippen LogP contribution in [0.5, 0.6) is 11.5 Å². The normalized spacial score (nSPS) is 13.0. The Hall–Kier alpha value is -3.10. The second-order valence-electron chi connectivity index (χ2n) is 4.21. The molecule has 1 N–H and O–H groups in total. The van der Waals surface area contributed by atoms with E-state index in [1.807, 2.05) is 0 Å². The van der Waals surface area contributed by atoms with Gasteiger partial charge in [-0.2, -0.15) is 0 Å². The minimum Gasteiger partial charge on any atom is -0.486 e. The lowest BCUT2D eigenvalue weighted by Crippen LogP contribution is -2.16. The molecule has 0 saturated carbocycles. The Morgan fingerprint density at radius 3 is 2.57 bits per heavy atom. The Morgan fingerprint density at radius 1 is 1.33 bits per heavy atom. The van der Waals surface area contributed by atoms with Crippen LogP contribution in [0, 0.1) is 10.1 Å². The van der Waals surface area contributed by atoms with Gasteiger partial charge in [0.1, 0.15) is 25.2 Å². The van der Waals surface area contributed by atoms with E-state index >= 15 is 0 Å². The number of carbonyl (C=O) groups is 1. The van der Waals surface area contributed by atoms with Crippen molar-refractivity contribution in [2.45, 2.75) is 0 Å². The van der Waals surface area contributed by atoms with Crippen molar-refractivity contribution in [2.24, 2.45) is 0 Å². The molecule has 0 atom stereocenters. The molecule has 0 amide bonds. The van der Waals surface area contributed by atoms with Crippen molar-refractivity contribution in [1.29, 1.82) is 0 Å². The fraction of sp³-hybridized carbons (Fsp3) is 0.167. The Balaban J connectivity index is 2.15. The summed E-state index contributed by atoms with van der Waals surface area (Å²) in [5.74, 6) is -0.559. The first-order chi connectivity index (χ1) is 10.1. The van der Waals surface area contributed by atoms with Gasteiger partial charge in [-0.05, 0) is 0 Å². The quantitative estimate of drug-likeness (QED) is 0.668. The number of benzene rings is 1. The molecule has 0 radical (unpaired) electrons. The van der Waals surface area contributed by atoms with E-state index in [-0.39, 0.29) is 22.8 Å². The topological polar surface area (TPSA) is 117 Å². The lowest BCUT2D eigenvalue weighted by Gasteiger charge is -2.19. The summed E-state index contributed by atoms with van der Waals surface area (Å²) in [6.45, 7) is 0.659. The fourth-order valence-electron chi connectivity index (χ4n) is 1.99. The van der Waals surface area contributed by atoms with Crippen molar-refractivity contribution in [1.82, 2.24) is 9.55 Å². The van der Waals surface area contributed by atoms with Crippen LogP contribution in [0.2, 0.25) is 0 Å². The molecule has 108 valence electrons. The summed E-state index contributed by atoms with van der Waals surface area (Å²) < 4.78 is 11.9. The molecule has 21 heavy (non-hydrogen) atoms. The van der Waals surface area contributed by atoms with Crippen molar-refractivity contribution in [2.75, 3.05) is 13.2 Å². The predicted octanol–water partition coefficient (Wildman–Crippen LogP) is 1.25. The van der Waals surface area contributed by atoms with E-state index in [4.69, 9.17) is 14.6 Å².